The first-order valence-corrected chi connectivity index (χ1v) is 17.5. The third-order valence-corrected chi connectivity index (χ3v) is 9.26. The minimum atomic E-state index is -0.632. The molecule has 2 nitrogen and oxygen atoms in total. The van der Waals surface area contributed by atoms with Gasteiger partial charge in [-0.15, -0.1) is 0 Å². The van der Waals surface area contributed by atoms with Crippen molar-refractivity contribution in [3.05, 3.63) is 0 Å². The molecule has 0 rings (SSSR count). The normalized spacial score (nSPS) is 15.7. The zero-order valence-electron chi connectivity index (χ0n) is 27.3. The summed E-state index contributed by atoms with van der Waals surface area (Å²) in [6, 6.07) is 0. The van der Waals surface area contributed by atoms with E-state index in [1.807, 2.05) is 13.8 Å². The van der Waals surface area contributed by atoms with Crippen LogP contribution >= 0.6 is 0 Å². The number of carbonyl (C=O) groups is 1. The van der Waals surface area contributed by atoms with E-state index in [2.05, 4.69) is 27.7 Å². The fraction of sp³-hybridized carbons (Fsp3) is 0.972. The van der Waals surface area contributed by atoms with Gasteiger partial charge in [0.05, 0.1) is 5.41 Å². The van der Waals surface area contributed by atoms with Gasteiger partial charge in [-0.25, -0.2) is 0 Å². The molecule has 0 aromatic heterocycles. The second-order valence-electron chi connectivity index (χ2n) is 13.7. The monoisotopic (exact) mass is 537 g/mol. The van der Waals surface area contributed by atoms with Gasteiger partial charge in [-0.1, -0.05) is 169 Å². The highest BCUT2D eigenvalue weighted by atomic mass is 16.4. The van der Waals surface area contributed by atoms with Crippen LogP contribution in [0.4, 0.5) is 0 Å². The molecule has 0 heterocycles. The molecule has 228 valence electrons. The molecule has 0 aliphatic carbocycles. The molecule has 0 bridgehead atoms. The van der Waals surface area contributed by atoms with Gasteiger partial charge in [-0.2, -0.15) is 0 Å². The molecule has 0 aliphatic rings. The Kier molecular flexibility index (Phi) is 25.1. The van der Waals surface area contributed by atoms with Crippen LogP contribution in [0.3, 0.4) is 0 Å². The van der Waals surface area contributed by atoms with Crippen molar-refractivity contribution in [1.82, 2.24) is 0 Å². The average Bonchev–Trinajstić information content (AvgIpc) is 2.87. The van der Waals surface area contributed by atoms with Gasteiger partial charge in [0.1, 0.15) is 0 Å². The van der Waals surface area contributed by atoms with Crippen molar-refractivity contribution in [1.29, 1.82) is 0 Å². The van der Waals surface area contributed by atoms with Gasteiger partial charge in [0.25, 0.3) is 0 Å². The van der Waals surface area contributed by atoms with Crippen LogP contribution in [0, 0.1) is 23.2 Å². The summed E-state index contributed by atoms with van der Waals surface area (Å²) in [4.78, 5) is 11.6. The molecular formula is C36H72O2. The van der Waals surface area contributed by atoms with Gasteiger partial charge < -0.3 is 5.11 Å². The molecule has 0 saturated carbocycles. The van der Waals surface area contributed by atoms with Gasteiger partial charge in [0, 0.05) is 0 Å². The minimum absolute atomic E-state index is 0.484. The molecule has 0 saturated heterocycles. The maximum atomic E-state index is 11.6. The van der Waals surface area contributed by atoms with Crippen LogP contribution in [-0.4, -0.2) is 11.1 Å². The van der Waals surface area contributed by atoms with Crippen molar-refractivity contribution in [2.24, 2.45) is 23.2 Å². The van der Waals surface area contributed by atoms with Gasteiger partial charge in [-0.3, -0.25) is 4.79 Å². The zero-order chi connectivity index (χ0) is 28.5. The average molecular weight is 537 g/mol. The summed E-state index contributed by atoms with van der Waals surface area (Å²) in [5, 5.41) is 9.55. The van der Waals surface area contributed by atoms with E-state index in [-0.39, 0.29) is 0 Å². The van der Waals surface area contributed by atoms with Crippen molar-refractivity contribution < 1.29 is 9.90 Å². The molecular weight excluding hydrogens is 464 g/mol. The Morgan fingerprint density at radius 3 is 1.24 bits per heavy atom. The van der Waals surface area contributed by atoms with Crippen molar-refractivity contribution in [2.45, 2.75) is 202 Å². The number of hydrogen-bond donors (Lipinski definition) is 1. The van der Waals surface area contributed by atoms with E-state index in [1.165, 1.54) is 141 Å². The van der Waals surface area contributed by atoms with Crippen LogP contribution in [0.2, 0.25) is 0 Å². The molecule has 4 atom stereocenters. The van der Waals surface area contributed by atoms with Crippen molar-refractivity contribution in [3.8, 4) is 0 Å². The van der Waals surface area contributed by atoms with Crippen LogP contribution < -0.4 is 0 Å². The maximum absolute atomic E-state index is 11.6. The number of carboxylic acids is 1. The van der Waals surface area contributed by atoms with Gasteiger partial charge >= 0.3 is 5.97 Å². The highest BCUT2D eigenvalue weighted by Crippen LogP contribution is 2.34. The predicted octanol–water partition coefficient (Wildman–Crippen LogP) is 12.8. The van der Waals surface area contributed by atoms with Crippen molar-refractivity contribution in [3.63, 3.8) is 0 Å². The largest absolute Gasteiger partial charge is 0.481 e. The highest BCUT2D eigenvalue weighted by Gasteiger charge is 2.33. The van der Waals surface area contributed by atoms with Crippen molar-refractivity contribution in [2.75, 3.05) is 0 Å². The number of unbranched alkanes of at least 4 members (excludes halogenated alkanes) is 19. The third kappa shape index (κ3) is 22.3. The molecule has 0 aromatic carbocycles. The molecule has 0 fully saturated rings. The molecule has 4 unspecified atom stereocenters. The molecule has 0 amide bonds. The molecule has 0 aromatic rings. The Labute approximate surface area is 240 Å². The van der Waals surface area contributed by atoms with Crippen LogP contribution in [0.25, 0.3) is 0 Å². The first kappa shape index (κ1) is 37.5. The summed E-state index contributed by atoms with van der Waals surface area (Å²) >= 11 is 0. The predicted molar refractivity (Wildman–Crippen MR) is 170 cm³/mol. The number of aliphatic carboxylic acids is 1. The Bertz CT molecular complexity index is 515. The summed E-state index contributed by atoms with van der Waals surface area (Å²) in [6.45, 7) is 13.3. The minimum Gasteiger partial charge on any atom is -0.481 e. The lowest BCUT2D eigenvalue weighted by Crippen LogP contribution is -2.29. The number of carboxylic acid groups (broad SMARTS) is 1. The summed E-state index contributed by atoms with van der Waals surface area (Å²) in [5.41, 5.74) is -0.558. The standard InChI is InChI=1S/C36H72O2/c1-7-9-10-11-12-13-14-15-16-17-18-19-20-21-22-23-24-25-26-27-28-32(3)29-33(4)30-34(5)31-36(6,8-2)35(37)38/h32-34H,7-31H2,1-6H3,(H,37,38). The van der Waals surface area contributed by atoms with Crippen LogP contribution in [0.1, 0.15) is 202 Å². The Morgan fingerprint density at radius 1 is 0.553 bits per heavy atom. The molecule has 0 radical (unpaired) electrons. The Hall–Kier alpha value is -0.530. The Morgan fingerprint density at radius 2 is 0.895 bits per heavy atom. The SMILES string of the molecule is CCCCCCCCCCCCCCCCCCCCCCC(C)CC(C)CC(C)CC(C)(CC)C(=O)O. The molecule has 38 heavy (non-hydrogen) atoms. The first-order valence-electron chi connectivity index (χ1n) is 17.5. The lowest BCUT2D eigenvalue weighted by Gasteiger charge is -2.28. The van der Waals surface area contributed by atoms with Gasteiger partial charge in [0.2, 0.25) is 0 Å². The van der Waals surface area contributed by atoms with E-state index in [0.29, 0.717) is 11.8 Å². The van der Waals surface area contributed by atoms with Crippen LogP contribution in [0.5, 0.6) is 0 Å². The summed E-state index contributed by atoms with van der Waals surface area (Å²) < 4.78 is 0. The second kappa shape index (κ2) is 25.4. The maximum Gasteiger partial charge on any atom is 0.309 e. The lowest BCUT2D eigenvalue weighted by atomic mass is 9.76. The van der Waals surface area contributed by atoms with E-state index in [4.69, 9.17) is 0 Å². The van der Waals surface area contributed by atoms with E-state index < -0.39 is 11.4 Å². The summed E-state index contributed by atoms with van der Waals surface area (Å²) in [5.74, 6) is 1.34. The quantitative estimate of drug-likeness (QED) is 0.0965. The molecule has 0 spiro atoms. The van der Waals surface area contributed by atoms with Crippen molar-refractivity contribution >= 4 is 5.97 Å². The van der Waals surface area contributed by atoms with E-state index in [9.17, 15) is 9.90 Å². The molecule has 0 aliphatic heterocycles. The number of hydrogen-bond acceptors (Lipinski definition) is 1. The lowest BCUT2D eigenvalue weighted by molar-refractivity contribution is -0.149. The summed E-state index contributed by atoms with van der Waals surface area (Å²) in [7, 11) is 0. The fourth-order valence-electron chi connectivity index (χ4n) is 6.57. The first-order chi connectivity index (χ1) is 18.2. The Balaban J connectivity index is 3.47. The fourth-order valence-corrected chi connectivity index (χ4v) is 6.57. The van der Waals surface area contributed by atoms with E-state index >= 15 is 0 Å². The van der Waals surface area contributed by atoms with Gasteiger partial charge in [-0.05, 0) is 50.4 Å². The highest BCUT2D eigenvalue weighted by molar-refractivity contribution is 5.74. The molecule has 2 heteroatoms. The van der Waals surface area contributed by atoms with Gasteiger partial charge in [0.15, 0.2) is 0 Å². The van der Waals surface area contributed by atoms with E-state index in [1.54, 1.807) is 0 Å². The zero-order valence-corrected chi connectivity index (χ0v) is 27.3. The number of rotatable bonds is 29. The van der Waals surface area contributed by atoms with Crippen LogP contribution in [-0.2, 0) is 4.79 Å². The smallest absolute Gasteiger partial charge is 0.309 e. The third-order valence-electron chi connectivity index (χ3n) is 9.26. The van der Waals surface area contributed by atoms with Crippen LogP contribution in [0.15, 0.2) is 0 Å². The summed E-state index contributed by atoms with van der Waals surface area (Å²) in [6.07, 6.45) is 34.2. The van der Waals surface area contributed by atoms with E-state index in [0.717, 1.165) is 25.2 Å². The topological polar surface area (TPSA) is 37.3 Å². The second-order valence-corrected chi connectivity index (χ2v) is 13.7. The molecule has 1 N–H and O–H groups in total.